The van der Waals surface area contributed by atoms with Gasteiger partial charge in [0.2, 0.25) is 0 Å². The molecule has 1 aliphatic heterocycles. The summed E-state index contributed by atoms with van der Waals surface area (Å²) >= 11 is 0. The quantitative estimate of drug-likeness (QED) is 0.866. The summed E-state index contributed by atoms with van der Waals surface area (Å²) in [6, 6.07) is 7.27. The van der Waals surface area contributed by atoms with Gasteiger partial charge in [0.15, 0.2) is 0 Å². The van der Waals surface area contributed by atoms with E-state index in [9.17, 15) is 13.6 Å². The molecule has 1 fully saturated rings. The van der Waals surface area contributed by atoms with Gasteiger partial charge in [-0.3, -0.25) is 9.69 Å². The molecule has 6 heteroatoms. The van der Waals surface area contributed by atoms with E-state index in [1.165, 1.54) is 12.1 Å². The lowest BCUT2D eigenvalue weighted by Crippen LogP contribution is -2.46. The molecule has 2 heterocycles. The van der Waals surface area contributed by atoms with E-state index in [1.807, 2.05) is 11.0 Å². The highest BCUT2D eigenvalue weighted by Gasteiger charge is 2.19. The van der Waals surface area contributed by atoms with Crippen LogP contribution in [0.1, 0.15) is 5.56 Å². The number of nitrogens with zero attached hydrogens (tertiary/aromatic N) is 3. The third-order valence-electron chi connectivity index (χ3n) is 4.20. The second-order valence-corrected chi connectivity index (χ2v) is 5.84. The number of anilines is 1. The number of rotatable bonds is 3. The maximum Gasteiger partial charge on any atom is 0.250 e. The molecule has 0 N–H and O–H groups in total. The van der Waals surface area contributed by atoms with E-state index >= 15 is 0 Å². The lowest BCUT2D eigenvalue weighted by atomic mass is 10.2. The van der Waals surface area contributed by atoms with Crippen molar-refractivity contribution < 1.29 is 8.78 Å². The van der Waals surface area contributed by atoms with E-state index in [2.05, 4.69) is 4.90 Å². The summed E-state index contributed by atoms with van der Waals surface area (Å²) in [5.74, 6) is -1.08. The molecule has 1 saturated heterocycles. The first-order valence-corrected chi connectivity index (χ1v) is 7.61. The zero-order valence-electron chi connectivity index (χ0n) is 13.0. The maximum atomic E-state index is 13.8. The highest BCUT2D eigenvalue weighted by Crippen LogP contribution is 2.21. The first kappa shape index (κ1) is 15.7. The average Bonchev–Trinajstić information content (AvgIpc) is 2.52. The Bertz CT molecular complexity index is 752. The Kier molecular flexibility index (Phi) is 4.43. The molecular formula is C17H19F2N3O. The van der Waals surface area contributed by atoms with E-state index in [0.29, 0.717) is 25.3 Å². The van der Waals surface area contributed by atoms with Crippen LogP contribution in [-0.2, 0) is 13.6 Å². The molecule has 23 heavy (non-hydrogen) atoms. The Morgan fingerprint density at radius 2 is 1.78 bits per heavy atom. The van der Waals surface area contributed by atoms with Gasteiger partial charge in [-0.2, -0.15) is 0 Å². The highest BCUT2D eigenvalue weighted by molar-refractivity contribution is 5.48. The summed E-state index contributed by atoms with van der Waals surface area (Å²) in [4.78, 5) is 15.8. The summed E-state index contributed by atoms with van der Waals surface area (Å²) in [7, 11) is 1.72. The molecule has 1 aliphatic rings. The van der Waals surface area contributed by atoms with Crippen LogP contribution in [0.3, 0.4) is 0 Å². The Morgan fingerprint density at radius 3 is 2.43 bits per heavy atom. The number of hydrogen-bond donors (Lipinski definition) is 0. The van der Waals surface area contributed by atoms with Gasteiger partial charge in [-0.15, -0.1) is 0 Å². The predicted octanol–water partition coefficient (Wildman–Crippen LogP) is 1.99. The van der Waals surface area contributed by atoms with Crippen molar-refractivity contribution >= 4 is 5.69 Å². The van der Waals surface area contributed by atoms with Crippen molar-refractivity contribution in [2.75, 3.05) is 31.1 Å². The lowest BCUT2D eigenvalue weighted by Gasteiger charge is -2.36. The second-order valence-electron chi connectivity index (χ2n) is 5.84. The fourth-order valence-electron chi connectivity index (χ4n) is 2.83. The van der Waals surface area contributed by atoms with Crippen LogP contribution in [0.25, 0.3) is 0 Å². The molecule has 0 bridgehead atoms. The smallest absolute Gasteiger partial charge is 0.250 e. The average molecular weight is 319 g/mol. The number of pyridine rings is 1. The van der Waals surface area contributed by atoms with Gasteiger partial charge >= 0.3 is 0 Å². The third-order valence-corrected chi connectivity index (χ3v) is 4.20. The molecule has 0 unspecified atom stereocenters. The normalized spacial score (nSPS) is 15.9. The molecule has 3 rings (SSSR count). The van der Waals surface area contributed by atoms with Gasteiger partial charge in [-0.25, -0.2) is 8.78 Å². The number of benzene rings is 1. The van der Waals surface area contributed by atoms with Gasteiger partial charge in [0, 0.05) is 58.1 Å². The Balaban J connectivity index is 1.62. The van der Waals surface area contributed by atoms with Gasteiger partial charge in [-0.05, 0) is 23.8 Å². The molecule has 0 radical (unpaired) electrons. The number of aromatic nitrogens is 1. The molecule has 0 atom stereocenters. The molecule has 4 nitrogen and oxygen atoms in total. The molecule has 0 spiro atoms. The van der Waals surface area contributed by atoms with Crippen molar-refractivity contribution in [3.8, 4) is 0 Å². The zero-order valence-corrected chi connectivity index (χ0v) is 13.0. The Hall–Kier alpha value is -2.21. The SMILES string of the molecule is Cn1ccc(CN2CCN(c3ccc(F)cc3F)CC2)cc1=O. The summed E-state index contributed by atoms with van der Waals surface area (Å²) in [6.45, 7) is 3.59. The number of halogens is 2. The van der Waals surface area contributed by atoms with Crippen molar-refractivity contribution in [3.05, 3.63) is 64.1 Å². The van der Waals surface area contributed by atoms with E-state index in [-0.39, 0.29) is 5.56 Å². The summed E-state index contributed by atoms with van der Waals surface area (Å²) in [6.07, 6.45) is 1.77. The van der Waals surface area contributed by atoms with Gasteiger partial charge in [0.25, 0.3) is 5.56 Å². The van der Waals surface area contributed by atoms with Crippen LogP contribution in [0.15, 0.2) is 41.3 Å². The number of aryl methyl sites for hydroxylation is 1. The molecule has 0 aliphatic carbocycles. The zero-order chi connectivity index (χ0) is 16.4. The monoisotopic (exact) mass is 319 g/mol. The van der Waals surface area contributed by atoms with Crippen molar-refractivity contribution in [3.63, 3.8) is 0 Å². The largest absolute Gasteiger partial charge is 0.367 e. The van der Waals surface area contributed by atoms with E-state index in [4.69, 9.17) is 0 Å². The van der Waals surface area contributed by atoms with Crippen molar-refractivity contribution in [1.82, 2.24) is 9.47 Å². The Labute approximate surface area is 133 Å². The number of piperazine rings is 1. The van der Waals surface area contributed by atoms with Crippen LogP contribution in [0.4, 0.5) is 14.5 Å². The molecule has 1 aromatic heterocycles. The number of hydrogen-bond acceptors (Lipinski definition) is 3. The van der Waals surface area contributed by atoms with Gasteiger partial charge in [0.1, 0.15) is 11.6 Å². The summed E-state index contributed by atoms with van der Waals surface area (Å²) in [5.41, 5.74) is 1.41. The molecular weight excluding hydrogens is 300 g/mol. The molecule has 2 aromatic rings. The lowest BCUT2D eigenvalue weighted by molar-refractivity contribution is 0.249. The van der Waals surface area contributed by atoms with Crippen LogP contribution in [0.5, 0.6) is 0 Å². The van der Waals surface area contributed by atoms with Crippen LogP contribution in [0, 0.1) is 11.6 Å². The van der Waals surface area contributed by atoms with Crippen LogP contribution in [0.2, 0.25) is 0 Å². The van der Waals surface area contributed by atoms with Crippen molar-refractivity contribution in [2.24, 2.45) is 7.05 Å². The standard InChI is InChI=1S/C17H19F2N3O/c1-20-5-4-13(10-17(20)23)12-21-6-8-22(9-7-21)16-3-2-14(18)11-15(16)19/h2-5,10-11H,6-9,12H2,1H3. The summed E-state index contributed by atoms with van der Waals surface area (Å²) in [5, 5.41) is 0. The minimum atomic E-state index is -0.560. The predicted molar refractivity (Wildman–Crippen MR) is 85.5 cm³/mol. The first-order valence-electron chi connectivity index (χ1n) is 7.61. The minimum absolute atomic E-state index is 0.0190. The highest BCUT2D eigenvalue weighted by atomic mass is 19.1. The van der Waals surface area contributed by atoms with Gasteiger partial charge < -0.3 is 9.47 Å². The molecule has 122 valence electrons. The van der Waals surface area contributed by atoms with Crippen LogP contribution in [-0.4, -0.2) is 35.6 Å². The first-order chi connectivity index (χ1) is 11.0. The van der Waals surface area contributed by atoms with Gasteiger partial charge in [0.05, 0.1) is 5.69 Å². The van der Waals surface area contributed by atoms with E-state index in [0.717, 1.165) is 24.7 Å². The summed E-state index contributed by atoms with van der Waals surface area (Å²) < 4.78 is 28.4. The van der Waals surface area contributed by atoms with Crippen LogP contribution < -0.4 is 10.5 Å². The van der Waals surface area contributed by atoms with Crippen molar-refractivity contribution in [2.45, 2.75) is 6.54 Å². The van der Waals surface area contributed by atoms with Crippen LogP contribution >= 0.6 is 0 Å². The van der Waals surface area contributed by atoms with E-state index < -0.39 is 11.6 Å². The van der Waals surface area contributed by atoms with Gasteiger partial charge in [-0.1, -0.05) is 0 Å². The fourth-order valence-corrected chi connectivity index (χ4v) is 2.83. The Morgan fingerprint density at radius 1 is 1.04 bits per heavy atom. The third kappa shape index (κ3) is 3.59. The molecule has 0 amide bonds. The topological polar surface area (TPSA) is 28.5 Å². The minimum Gasteiger partial charge on any atom is -0.367 e. The molecule has 0 saturated carbocycles. The second kappa shape index (κ2) is 6.50. The maximum absolute atomic E-state index is 13.8. The van der Waals surface area contributed by atoms with Crippen molar-refractivity contribution in [1.29, 1.82) is 0 Å². The molecule has 1 aromatic carbocycles. The fraction of sp³-hybridized carbons (Fsp3) is 0.353. The van der Waals surface area contributed by atoms with E-state index in [1.54, 1.807) is 23.9 Å².